The highest BCUT2D eigenvalue weighted by atomic mass is 35.5. The van der Waals surface area contributed by atoms with Gasteiger partial charge in [0.15, 0.2) is 0 Å². The van der Waals surface area contributed by atoms with Crippen LogP contribution in [0.5, 0.6) is 5.75 Å². The predicted octanol–water partition coefficient (Wildman–Crippen LogP) is 2.68. The van der Waals surface area contributed by atoms with Gasteiger partial charge in [-0.25, -0.2) is 0 Å². The van der Waals surface area contributed by atoms with Crippen LogP contribution >= 0.6 is 11.6 Å². The van der Waals surface area contributed by atoms with E-state index < -0.39 is 0 Å². The third-order valence-electron chi connectivity index (χ3n) is 2.51. The lowest BCUT2D eigenvalue weighted by Crippen LogP contribution is -2.38. The van der Waals surface area contributed by atoms with Crippen molar-refractivity contribution < 1.29 is 9.53 Å². The number of benzene rings is 1. The summed E-state index contributed by atoms with van der Waals surface area (Å²) in [7, 11) is 1.55. The Hall–Kier alpha value is -1.26. The summed E-state index contributed by atoms with van der Waals surface area (Å²) in [6.07, 6.45) is 0.992. The second-order valence-corrected chi connectivity index (χ2v) is 4.42. The van der Waals surface area contributed by atoms with Crippen molar-refractivity contribution >= 4 is 23.2 Å². The van der Waals surface area contributed by atoms with E-state index in [1.807, 2.05) is 6.92 Å². The first-order valence-electron chi connectivity index (χ1n) is 5.96. The van der Waals surface area contributed by atoms with Crippen LogP contribution in [0.25, 0.3) is 0 Å². The van der Waals surface area contributed by atoms with E-state index in [9.17, 15) is 4.79 Å². The summed E-state index contributed by atoms with van der Waals surface area (Å²) >= 11 is 5.98. The molecule has 0 heterocycles. The average molecular weight is 271 g/mol. The highest BCUT2D eigenvalue weighted by Crippen LogP contribution is 2.27. The fourth-order valence-electron chi connectivity index (χ4n) is 1.45. The number of carbonyl (C=O) groups excluding carboxylic acids is 1. The standard InChI is InChI=1S/C13H19ClN2O2/c1-4-7-15-9(2)13(17)16-10-5-6-12(18-3)11(14)8-10/h5-6,8-9,15H,4,7H2,1-3H3,(H,16,17). The van der Waals surface area contributed by atoms with Gasteiger partial charge in [0.1, 0.15) is 5.75 Å². The van der Waals surface area contributed by atoms with E-state index in [4.69, 9.17) is 16.3 Å². The number of rotatable bonds is 6. The van der Waals surface area contributed by atoms with Gasteiger partial charge in [-0.05, 0) is 38.1 Å². The Morgan fingerprint density at radius 3 is 2.78 bits per heavy atom. The molecule has 1 amide bonds. The molecule has 0 fully saturated rings. The van der Waals surface area contributed by atoms with Gasteiger partial charge in [0.05, 0.1) is 18.2 Å². The van der Waals surface area contributed by atoms with Crippen LogP contribution in [0, 0.1) is 0 Å². The minimum absolute atomic E-state index is 0.0790. The highest BCUT2D eigenvalue weighted by Gasteiger charge is 2.12. The molecule has 0 spiro atoms. The van der Waals surface area contributed by atoms with Crippen molar-refractivity contribution in [3.8, 4) is 5.75 Å². The number of hydrogen-bond acceptors (Lipinski definition) is 3. The van der Waals surface area contributed by atoms with Gasteiger partial charge in [-0.2, -0.15) is 0 Å². The van der Waals surface area contributed by atoms with E-state index in [0.717, 1.165) is 13.0 Å². The molecule has 1 aromatic carbocycles. The summed E-state index contributed by atoms with van der Waals surface area (Å²) in [5.41, 5.74) is 0.663. The average Bonchev–Trinajstić information content (AvgIpc) is 2.36. The number of hydrogen-bond donors (Lipinski definition) is 2. The molecule has 1 rings (SSSR count). The van der Waals surface area contributed by atoms with Gasteiger partial charge in [0.2, 0.25) is 5.91 Å². The van der Waals surface area contributed by atoms with Gasteiger partial charge in [0, 0.05) is 5.69 Å². The van der Waals surface area contributed by atoms with Gasteiger partial charge < -0.3 is 15.4 Å². The minimum atomic E-state index is -0.231. The topological polar surface area (TPSA) is 50.4 Å². The summed E-state index contributed by atoms with van der Waals surface area (Å²) in [5.74, 6) is 0.511. The van der Waals surface area contributed by atoms with E-state index in [0.29, 0.717) is 16.5 Å². The fourth-order valence-corrected chi connectivity index (χ4v) is 1.71. The predicted molar refractivity (Wildman–Crippen MR) is 74.4 cm³/mol. The third kappa shape index (κ3) is 4.20. The number of methoxy groups -OCH3 is 1. The molecule has 1 unspecified atom stereocenters. The van der Waals surface area contributed by atoms with E-state index >= 15 is 0 Å². The minimum Gasteiger partial charge on any atom is -0.495 e. The molecule has 4 nitrogen and oxygen atoms in total. The first kappa shape index (κ1) is 14.8. The van der Waals surface area contributed by atoms with Gasteiger partial charge >= 0.3 is 0 Å². The molecule has 0 aliphatic rings. The molecule has 100 valence electrons. The summed E-state index contributed by atoms with van der Waals surface area (Å²) in [5, 5.41) is 6.40. The van der Waals surface area contributed by atoms with Crippen molar-refractivity contribution in [2.45, 2.75) is 26.3 Å². The van der Waals surface area contributed by atoms with Crippen molar-refractivity contribution in [1.82, 2.24) is 5.32 Å². The maximum absolute atomic E-state index is 11.8. The number of carbonyl (C=O) groups is 1. The van der Waals surface area contributed by atoms with Crippen molar-refractivity contribution in [1.29, 1.82) is 0 Å². The van der Waals surface area contributed by atoms with Crippen molar-refractivity contribution in [2.75, 3.05) is 19.0 Å². The van der Waals surface area contributed by atoms with Crippen molar-refractivity contribution in [2.24, 2.45) is 0 Å². The van der Waals surface area contributed by atoms with E-state index in [2.05, 4.69) is 17.6 Å². The zero-order valence-corrected chi connectivity index (χ0v) is 11.7. The molecule has 0 bridgehead atoms. The largest absolute Gasteiger partial charge is 0.495 e. The smallest absolute Gasteiger partial charge is 0.241 e. The summed E-state index contributed by atoms with van der Waals surface area (Å²) < 4.78 is 5.05. The van der Waals surface area contributed by atoms with E-state index in [1.165, 1.54) is 0 Å². The Balaban J connectivity index is 2.61. The number of halogens is 1. The SMILES string of the molecule is CCCNC(C)C(=O)Nc1ccc(OC)c(Cl)c1. The molecule has 5 heteroatoms. The summed E-state index contributed by atoms with van der Waals surface area (Å²) in [6, 6.07) is 4.92. The zero-order valence-electron chi connectivity index (χ0n) is 10.9. The van der Waals surface area contributed by atoms with Crippen LogP contribution in [0.3, 0.4) is 0 Å². The molecular weight excluding hydrogens is 252 g/mol. The van der Waals surface area contributed by atoms with Crippen LogP contribution in [0.1, 0.15) is 20.3 Å². The Morgan fingerprint density at radius 1 is 1.50 bits per heavy atom. The summed E-state index contributed by atoms with van der Waals surface area (Å²) in [4.78, 5) is 11.8. The second-order valence-electron chi connectivity index (χ2n) is 4.01. The van der Waals surface area contributed by atoms with Crippen LogP contribution in [-0.2, 0) is 4.79 Å². The molecule has 0 aromatic heterocycles. The third-order valence-corrected chi connectivity index (χ3v) is 2.81. The lowest BCUT2D eigenvalue weighted by molar-refractivity contribution is -0.117. The number of amides is 1. The van der Waals surface area contributed by atoms with Crippen molar-refractivity contribution in [3.05, 3.63) is 23.2 Å². The Labute approximate surface area is 113 Å². The second kappa shape index (κ2) is 7.24. The number of nitrogens with one attached hydrogen (secondary N) is 2. The molecule has 0 aliphatic carbocycles. The van der Waals surface area contributed by atoms with E-state index in [-0.39, 0.29) is 11.9 Å². The zero-order chi connectivity index (χ0) is 13.5. The van der Waals surface area contributed by atoms with Crippen LogP contribution in [0.15, 0.2) is 18.2 Å². The molecule has 0 saturated heterocycles. The first-order chi connectivity index (χ1) is 8.58. The quantitative estimate of drug-likeness (QED) is 0.836. The Morgan fingerprint density at radius 2 is 2.22 bits per heavy atom. The van der Waals surface area contributed by atoms with Crippen LogP contribution in [0.4, 0.5) is 5.69 Å². The monoisotopic (exact) mass is 270 g/mol. The lowest BCUT2D eigenvalue weighted by atomic mass is 10.2. The molecule has 2 N–H and O–H groups in total. The van der Waals surface area contributed by atoms with Gasteiger partial charge in [0.25, 0.3) is 0 Å². The molecule has 0 saturated carbocycles. The van der Waals surface area contributed by atoms with Gasteiger partial charge in [-0.15, -0.1) is 0 Å². The maximum Gasteiger partial charge on any atom is 0.241 e. The molecular formula is C13H19ClN2O2. The fraction of sp³-hybridized carbons (Fsp3) is 0.462. The summed E-state index contributed by atoms with van der Waals surface area (Å²) in [6.45, 7) is 4.70. The first-order valence-corrected chi connectivity index (χ1v) is 6.34. The van der Waals surface area contributed by atoms with Crippen LogP contribution in [-0.4, -0.2) is 25.6 Å². The normalized spacial score (nSPS) is 12.0. The molecule has 0 radical (unpaired) electrons. The number of anilines is 1. The highest BCUT2D eigenvalue weighted by molar-refractivity contribution is 6.32. The Bertz CT molecular complexity index is 410. The lowest BCUT2D eigenvalue weighted by Gasteiger charge is -2.14. The van der Waals surface area contributed by atoms with Gasteiger partial charge in [-0.1, -0.05) is 18.5 Å². The molecule has 1 aromatic rings. The maximum atomic E-state index is 11.8. The Kier molecular flexibility index (Phi) is 5.95. The van der Waals surface area contributed by atoms with Crippen LogP contribution < -0.4 is 15.4 Å². The molecule has 18 heavy (non-hydrogen) atoms. The molecule has 1 atom stereocenters. The van der Waals surface area contributed by atoms with Crippen LogP contribution in [0.2, 0.25) is 5.02 Å². The molecule has 0 aliphatic heterocycles. The number of ether oxygens (including phenoxy) is 1. The van der Waals surface area contributed by atoms with E-state index in [1.54, 1.807) is 25.3 Å². The van der Waals surface area contributed by atoms with Crippen molar-refractivity contribution in [3.63, 3.8) is 0 Å². The van der Waals surface area contributed by atoms with Gasteiger partial charge in [-0.3, -0.25) is 4.79 Å².